The lowest BCUT2D eigenvalue weighted by atomic mass is 10.1. The minimum Gasteiger partial charge on any atom is -0.465 e. The van der Waals surface area contributed by atoms with Gasteiger partial charge in [-0.2, -0.15) is 0 Å². The van der Waals surface area contributed by atoms with Gasteiger partial charge in [0.1, 0.15) is 0 Å². The van der Waals surface area contributed by atoms with E-state index in [1.54, 1.807) is 14.0 Å². The zero-order chi connectivity index (χ0) is 20.4. The number of carbonyl (C=O) groups is 3. The van der Waals surface area contributed by atoms with Crippen LogP contribution in [0.5, 0.6) is 0 Å². The van der Waals surface area contributed by atoms with Crippen LogP contribution in [0.3, 0.4) is 0 Å². The summed E-state index contributed by atoms with van der Waals surface area (Å²) in [6.07, 6.45) is -0.548. The molecule has 154 valence electrons. The van der Waals surface area contributed by atoms with E-state index in [2.05, 4.69) is 16.8 Å². The summed E-state index contributed by atoms with van der Waals surface area (Å²) >= 11 is 0. The summed E-state index contributed by atoms with van der Waals surface area (Å²) in [4.78, 5) is 48.4. The van der Waals surface area contributed by atoms with E-state index < -0.39 is 18.2 Å². The predicted molar refractivity (Wildman–Crippen MR) is 102 cm³/mol. The highest BCUT2D eigenvalue weighted by Gasteiger charge is 2.49. The average molecular weight is 392 g/mol. The van der Waals surface area contributed by atoms with Gasteiger partial charge in [-0.05, 0) is 13.8 Å². The fraction of sp³-hybridized carbons (Fsp3) is 0.667. The van der Waals surface area contributed by atoms with Crippen molar-refractivity contribution in [3.8, 4) is 0 Å². The predicted octanol–water partition coefficient (Wildman–Crippen LogP) is -0.709. The van der Waals surface area contributed by atoms with Gasteiger partial charge in [-0.3, -0.25) is 19.8 Å². The number of piperazine rings is 1. The van der Waals surface area contributed by atoms with Crippen LogP contribution in [0.15, 0.2) is 17.1 Å². The normalized spacial score (nSPS) is 25.4. The molecule has 3 aliphatic rings. The number of guanidine groups is 1. The zero-order valence-electron chi connectivity index (χ0n) is 16.7. The van der Waals surface area contributed by atoms with Crippen molar-refractivity contribution in [1.82, 2.24) is 24.9 Å². The molecule has 2 atom stereocenters. The third-order valence-corrected chi connectivity index (χ3v) is 5.09. The number of fused-ring (bicyclic) bond motifs is 1. The van der Waals surface area contributed by atoms with Gasteiger partial charge in [-0.25, -0.2) is 9.79 Å². The van der Waals surface area contributed by atoms with E-state index in [4.69, 9.17) is 9.73 Å². The number of imide groups is 1. The van der Waals surface area contributed by atoms with Crippen molar-refractivity contribution in [3.63, 3.8) is 0 Å². The quantitative estimate of drug-likeness (QED) is 0.488. The molecule has 0 bridgehead atoms. The number of urea groups is 1. The van der Waals surface area contributed by atoms with Gasteiger partial charge in [-0.15, -0.1) is 0 Å². The highest BCUT2D eigenvalue weighted by atomic mass is 16.5. The Bertz CT molecular complexity index is 700. The number of hydrogen-bond acceptors (Lipinski definition) is 8. The van der Waals surface area contributed by atoms with Crippen LogP contribution in [0.2, 0.25) is 0 Å². The lowest BCUT2D eigenvalue weighted by molar-refractivity contribution is -0.144. The number of aliphatic imine (C=N–C) groups is 1. The molecule has 0 aliphatic carbocycles. The first-order valence-electron chi connectivity index (χ1n) is 9.51. The van der Waals surface area contributed by atoms with Gasteiger partial charge in [0.2, 0.25) is 0 Å². The first kappa shape index (κ1) is 20.1. The summed E-state index contributed by atoms with van der Waals surface area (Å²) in [5, 5.41) is 2.39. The van der Waals surface area contributed by atoms with Crippen molar-refractivity contribution in [3.05, 3.63) is 12.2 Å². The zero-order valence-corrected chi connectivity index (χ0v) is 16.7. The number of carbonyl (C=O) groups excluding carboxylic acids is 3. The maximum Gasteiger partial charge on any atom is 0.325 e. The lowest BCUT2D eigenvalue weighted by Crippen LogP contribution is -2.64. The van der Waals surface area contributed by atoms with E-state index in [0.29, 0.717) is 45.3 Å². The Balaban J connectivity index is 1.72. The van der Waals surface area contributed by atoms with Crippen LogP contribution in [0, 0.1) is 0 Å². The highest BCUT2D eigenvalue weighted by Crippen LogP contribution is 2.26. The number of nitrogens with zero attached hydrogens (tertiary/aromatic N) is 5. The van der Waals surface area contributed by atoms with E-state index in [-0.39, 0.29) is 18.4 Å². The molecule has 0 aromatic carbocycles. The lowest BCUT2D eigenvalue weighted by Gasteiger charge is -2.40. The third-order valence-electron chi connectivity index (χ3n) is 5.09. The number of nitrogens with one attached hydrogen (secondary N) is 1. The topological polar surface area (TPSA) is 97.8 Å². The Kier molecular flexibility index (Phi) is 5.87. The van der Waals surface area contributed by atoms with Crippen LogP contribution in [-0.2, 0) is 14.3 Å². The molecule has 3 amide bonds. The molecule has 0 aromatic heterocycles. The third kappa shape index (κ3) is 3.96. The molecule has 10 heteroatoms. The van der Waals surface area contributed by atoms with Crippen LogP contribution in [0.25, 0.3) is 0 Å². The number of amides is 3. The van der Waals surface area contributed by atoms with Crippen LogP contribution >= 0.6 is 0 Å². The molecule has 0 aromatic rings. The number of esters is 1. The molecular formula is C18H28N6O4. The van der Waals surface area contributed by atoms with Crippen molar-refractivity contribution < 1.29 is 19.1 Å². The van der Waals surface area contributed by atoms with Gasteiger partial charge in [0.25, 0.3) is 5.91 Å². The molecule has 1 N–H and O–H groups in total. The summed E-state index contributed by atoms with van der Waals surface area (Å²) in [5.74, 6) is 0.139. The number of hydrogen-bond donors (Lipinski definition) is 1. The Morgan fingerprint density at radius 1 is 1.25 bits per heavy atom. The van der Waals surface area contributed by atoms with E-state index in [1.807, 2.05) is 16.7 Å². The van der Waals surface area contributed by atoms with Crippen LogP contribution in [-0.4, -0.2) is 109 Å². The molecule has 10 nitrogen and oxygen atoms in total. The first-order valence-corrected chi connectivity index (χ1v) is 9.51. The van der Waals surface area contributed by atoms with Crippen molar-refractivity contribution in [2.24, 2.45) is 4.99 Å². The van der Waals surface area contributed by atoms with Gasteiger partial charge in [0.05, 0.1) is 13.2 Å². The van der Waals surface area contributed by atoms with Crippen LogP contribution in [0.1, 0.15) is 13.8 Å². The minimum atomic E-state index is -0.563. The SMILES string of the molecule is C=C(C)CN1C(N2CCN(CC(=O)OCC)CC2)=NC2C1C(=O)NC(=O)N2C. The molecule has 2 unspecified atom stereocenters. The molecule has 2 fully saturated rings. The summed E-state index contributed by atoms with van der Waals surface area (Å²) in [5.41, 5.74) is 0.904. The summed E-state index contributed by atoms with van der Waals surface area (Å²) in [6, 6.07) is -1.00. The van der Waals surface area contributed by atoms with Crippen molar-refractivity contribution >= 4 is 23.9 Å². The summed E-state index contributed by atoms with van der Waals surface area (Å²) < 4.78 is 5.01. The fourth-order valence-corrected chi connectivity index (χ4v) is 3.73. The standard InChI is InChI=1S/C18H28N6O4/c1-5-28-13(25)11-22-6-8-23(9-7-22)17-19-15-14(24(17)10-12(2)3)16(26)20-18(27)21(15)4/h14-15H,2,5-11H2,1,3-4H3,(H,20,26,27). The number of ether oxygens (including phenoxy) is 1. The smallest absolute Gasteiger partial charge is 0.325 e. The number of rotatable bonds is 5. The molecule has 0 radical (unpaired) electrons. The second kappa shape index (κ2) is 8.17. The van der Waals surface area contributed by atoms with E-state index in [0.717, 1.165) is 5.57 Å². The van der Waals surface area contributed by atoms with Gasteiger partial charge in [0, 0.05) is 39.8 Å². The van der Waals surface area contributed by atoms with Gasteiger partial charge in [-0.1, -0.05) is 12.2 Å². The maximum atomic E-state index is 12.5. The number of likely N-dealkylation sites (N-methyl/N-ethyl adjacent to an activating group) is 1. The van der Waals surface area contributed by atoms with Crippen LogP contribution in [0.4, 0.5) is 4.79 Å². The van der Waals surface area contributed by atoms with E-state index in [1.165, 1.54) is 4.90 Å². The van der Waals surface area contributed by atoms with E-state index in [9.17, 15) is 14.4 Å². The molecular weight excluding hydrogens is 364 g/mol. The van der Waals surface area contributed by atoms with Gasteiger partial charge in [0.15, 0.2) is 18.2 Å². The largest absolute Gasteiger partial charge is 0.465 e. The molecule has 3 heterocycles. The maximum absolute atomic E-state index is 12.5. The second-order valence-corrected chi connectivity index (χ2v) is 7.35. The first-order chi connectivity index (χ1) is 13.3. The van der Waals surface area contributed by atoms with E-state index >= 15 is 0 Å². The highest BCUT2D eigenvalue weighted by molar-refractivity contribution is 6.03. The van der Waals surface area contributed by atoms with Gasteiger partial charge >= 0.3 is 12.0 Å². The Morgan fingerprint density at radius 2 is 1.93 bits per heavy atom. The van der Waals surface area contributed by atoms with Crippen LogP contribution < -0.4 is 5.32 Å². The second-order valence-electron chi connectivity index (χ2n) is 7.35. The van der Waals surface area contributed by atoms with Crippen molar-refractivity contribution in [2.45, 2.75) is 26.1 Å². The Morgan fingerprint density at radius 3 is 2.54 bits per heavy atom. The molecule has 2 saturated heterocycles. The Labute approximate surface area is 164 Å². The summed E-state index contributed by atoms with van der Waals surface area (Å²) in [6.45, 7) is 11.5. The molecule has 28 heavy (non-hydrogen) atoms. The summed E-state index contributed by atoms with van der Waals surface area (Å²) in [7, 11) is 1.64. The molecule has 3 rings (SSSR count). The average Bonchev–Trinajstić information content (AvgIpc) is 3.00. The van der Waals surface area contributed by atoms with Gasteiger partial charge < -0.3 is 19.4 Å². The van der Waals surface area contributed by atoms with Crippen molar-refractivity contribution in [2.75, 3.05) is 52.9 Å². The monoisotopic (exact) mass is 392 g/mol. The Hall–Kier alpha value is -2.62. The minimum absolute atomic E-state index is 0.221. The molecule has 0 saturated carbocycles. The molecule has 3 aliphatic heterocycles. The van der Waals surface area contributed by atoms with Crippen molar-refractivity contribution in [1.29, 1.82) is 0 Å². The molecule has 0 spiro atoms. The fourth-order valence-electron chi connectivity index (χ4n) is 3.73.